The molecule has 0 heterocycles. The molecule has 162 valence electrons. The zero-order chi connectivity index (χ0) is 22.4. The van der Waals surface area contributed by atoms with E-state index in [4.69, 9.17) is 4.74 Å². The number of amides is 1. The van der Waals surface area contributed by atoms with Crippen LogP contribution in [0.3, 0.4) is 0 Å². The summed E-state index contributed by atoms with van der Waals surface area (Å²) in [6.07, 6.45) is 0. The van der Waals surface area contributed by atoms with Crippen LogP contribution in [0, 0.1) is 5.82 Å². The summed E-state index contributed by atoms with van der Waals surface area (Å²) in [5.41, 5.74) is 0.887. The Morgan fingerprint density at radius 2 is 1.74 bits per heavy atom. The first-order chi connectivity index (χ1) is 14.8. The highest BCUT2D eigenvalue weighted by Gasteiger charge is 2.19. The van der Waals surface area contributed by atoms with E-state index in [2.05, 4.69) is 10.0 Å². The smallest absolute Gasteiger partial charge is 0.262 e. The van der Waals surface area contributed by atoms with Crippen molar-refractivity contribution in [2.75, 3.05) is 11.3 Å². The van der Waals surface area contributed by atoms with Gasteiger partial charge < -0.3 is 10.1 Å². The molecule has 0 bridgehead atoms. The first kappa shape index (κ1) is 22.3. The minimum atomic E-state index is -4.07. The van der Waals surface area contributed by atoms with Crippen LogP contribution in [0.2, 0.25) is 0 Å². The maximum absolute atomic E-state index is 13.8. The van der Waals surface area contributed by atoms with Gasteiger partial charge in [0, 0.05) is 5.56 Å². The number of ether oxygens (including phenoxy) is 1. The lowest BCUT2D eigenvalue weighted by molar-refractivity contribution is 0.0939. The summed E-state index contributed by atoms with van der Waals surface area (Å²) in [7, 11) is -4.07. The van der Waals surface area contributed by atoms with Crippen molar-refractivity contribution >= 4 is 21.6 Å². The molecule has 0 aliphatic heterocycles. The van der Waals surface area contributed by atoms with Gasteiger partial charge >= 0.3 is 0 Å². The lowest BCUT2D eigenvalue weighted by Gasteiger charge is -2.15. The van der Waals surface area contributed by atoms with Gasteiger partial charge in [0.05, 0.1) is 23.2 Å². The van der Waals surface area contributed by atoms with Gasteiger partial charge in [-0.1, -0.05) is 30.3 Å². The zero-order valence-corrected chi connectivity index (χ0v) is 17.9. The number of carbonyl (C=O) groups excluding carboxylic acids is 1. The molecule has 0 spiro atoms. The first-order valence-electron chi connectivity index (χ1n) is 9.71. The van der Waals surface area contributed by atoms with E-state index in [0.29, 0.717) is 6.61 Å². The SMILES string of the molecule is CCOc1ccc(C(C)NC(=O)c2cccc(S(=O)(=O)Nc3ccccc3F)c2)cc1. The van der Waals surface area contributed by atoms with Crippen LogP contribution < -0.4 is 14.8 Å². The highest BCUT2D eigenvalue weighted by Crippen LogP contribution is 2.21. The molecule has 3 rings (SSSR count). The molecular weight excluding hydrogens is 419 g/mol. The maximum atomic E-state index is 13.8. The third-order valence-electron chi connectivity index (χ3n) is 4.56. The van der Waals surface area contributed by atoms with Crippen molar-refractivity contribution in [2.24, 2.45) is 0 Å². The van der Waals surface area contributed by atoms with Crippen LogP contribution in [-0.2, 0) is 10.0 Å². The van der Waals surface area contributed by atoms with Gasteiger partial charge in [0.2, 0.25) is 0 Å². The van der Waals surface area contributed by atoms with Crippen LogP contribution in [0.1, 0.15) is 35.8 Å². The van der Waals surface area contributed by atoms with Crippen molar-refractivity contribution in [3.05, 3.63) is 89.7 Å². The number of rotatable bonds is 8. The molecule has 31 heavy (non-hydrogen) atoms. The summed E-state index contributed by atoms with van der Waals surface area (Å²) >= 11 is 0. The summed E-state index contributed by atoms with van der Waals surface area (Å²) in [5.74, 6) is -0.376. The summed E-state index contributed by atoms with van der Waals surface area (Å²) in [5, 5.41) is 2.85. The van der Waals surface area contributed by atoms with E-state index >= 15 is 0 Å². The molecule has 8 heteroatoms. The van der Waals surface area contributed by atoms with Crippen molar-refractivity contribution in [2.45, 2.75) is 24.8 Å². The molecule has 0 aromatic heterocycles. The van der Waals surface area contributed by atoms with Gasteiger partial charge in [-0.25, -0.2) is 12.8 Å². The fourth-order valence-corrected chi connectivity index (χ4v) is 4.05. The lowest BCUT2D eigenvalue weighted by atomic mass is 10.1. The highest BCUT2D eigenvalue weighted by atomic mass is 32.2. The van der Waals surface area contributed by atoms with Crippen molar-refractivity contribution in [3.8, 4) is 5.75 Å². The number of halogens is 1. The molecule has 0 saturated heterocycles. The molecule has 3 aromatic rings. The molecular formula is C23H23FN2O4S. The molecule has 3 aromatic carbocycles. The summed E-state index contributed by atoms with van der Waals surface area (Å²) < 4.78 is 46.7. The zero-order valence-electron chi connectivity index (χ0n) is 17.1. The Morgan fingerprint density at radius 1 is 1.03 bits per heavy atom. The number of para-hydroxylation sites is 1. The molecule has 0 fully saturated rings. The number of nitrogens with one attached hydrogen (secondary N) is 2. The average Bonchev–Trinajstić information content (AvgIpc) is 2.76. The van der Waals surface area contributed by atoms with Crippen molar-refractivity contribution in [3.63, 3.8) is 0 Å². The monoisotopic (exact) mass is 442 g/mol. The molecule has 1 unspecified atom stereocenters. The second kappa shape index (κ2) is 9.61. The van der Waals surface area contributed by atoms with E-state index in [9.17, 15) is 17.6 Å². The Labute approximate surface area is 181 Å². The van der Waals surface area contributed by atoms with Gasteiger partial charge in [-0.3, -0.25) is 9.52 Å². The Bertz CT molecular complexity index is 1160. The molecule has 0 saturated carbocycles. The summed E-state index contributed by atoms with van der Waals surface area (Å²) in [4.78, 5) is 12.5. The van der Waals surface area contributed by atoms with Crippen LogP contribution in [0.25, 0.3) is 0 Å². The number of anilines is 1. The predicted octanol–water partition coefficient (Wildman–Crippen LogP) is 4.52. The van der Waals surface area contributed by atoms with Crippen LogP contribution in [0.15, 0.2) is 77.7 Å². The molecule has 0 aliphatic rings. The average molecular weight is 443 g/mol. The van der Waals surface area contributed by atoms with Crippen LogP contribution >= 0.6 is 0 Å². The fourth-order valence-electron chi connectivity index (χ4n) is 2.93. The van der Waals surface area contributed by atoms with Gasteiger partial charge in [-0.15, -0.1) is 0 Å². The Hall–Kier alpha value is -3.39. The van der Waals surface area contributed by atoms with E-state index in [1.54, 1.807) is 0 Å². The van der Waals surface area contributed by atoms with Crippen LogP contribution in [0.5, 0.6) is 5.75 Å². The second-order valence-electron chi connectivity index (χ2n) is 6.81. The number of hydrogen-bond donors (Lipinski definition) is 2. The lowest BCUT2D eigenvalue weighted by Crippen LogP contribution is -2.27. The molecule has 1 amide bonds. The van der Waals surface area contributed by atoms with E-state index in [1.165, 1.54) is 42.5 Å². The van der Waals surface area contributed by atoms with Gasteiger partial charge in [0.25, 0.3) is 15.9 Å². The topological polar surface area (TPSA) is 84.5 Å². The van der Waals surface area contributed by atoms with Crippen molar-refractivity contribution in [1.29, 1.82) is 0 Å². The highest BCUT2D eigenvalue weighted by molar-refractivity contribution is 7.92. The number of carbonyl (C=O) groups is 1. The third kappa shape index (κ3) is 5.61. The van der Waals surface area contributed by atoms with E-state index in [-0.39, 0.29) is 22.2 Å². The standard InChI is InChI=1S/C23H23FN2O4S/c1-3-30-19-13-11-17(12-14-19)16(2)25-23(27)18-7-6-8-20(15-18)31(28,29)26-22-10-5-4-9-21(22)24/h4-16,26H,3H2,1-2H3,(H,25,27). The maximum Gasteiger partial charge on any atom is 0.262 e. The minimum absolute atomic E-state index is 0.142. The van der Waals surface area contributed by atoms with Crippen LogP contribution in [-0.4, -0.2) is 20.9 Å². The molecule has 0 radical (unpaired) electrons. The normalized spacial score (nSPS) is 12.1. The Balaban J connectivity index is 1.74. The first-order valence-corrected chi connectivity index (χ1v) is 11.2. The number of sulfonamides is 1. The molecule has 0 aliphatic carbocycles. The number of benzene rings is 3. The van der Waals surface area contributed by atoms with Gasteiger partial charge in [0.15, 0.2) is 0 Å². The fraction of sp³-hybridized carbons (Fsp3) is 0.174. The largest absolute Gasteiger partial charge is 0.494 e. The van der Waals surface area contributed by atoms with E-state index in [0.717, 1.165) is 17.4 Å². The summed E-state index contributed by atoms with van der Waals surface area (Å²) in [6.45, 7) is 4.29. The molecule has 6 nitrogen and oxygen atoms in total. The predicted molar refractivity (Wildman–Crippen MR) is 117 cm³/mol. The quantitative estimate of drug-likeness (QED) is 0.537. The van der Waals surface area contributed by atoms with Crippen LogP contribution in [0.4, 0.5) is 10.1 Å². The van der Waals surface area contributed by atoms with E-state index in [1.807, 2.05) is 38.1 Å². The van der Waals surface area contributed by atoms with Crippen molar-refractivity contribution < 1.29 is 22.3 Å². The Morgan fingerprint density at radius 3 is 2.42 bits per heavy atom. The second-order valence-corrected chi connectivity index (χ2v) is 8.49. The molecule has 1 atom stereocenters. The van der Waals surface area contributed by atoms with E-state index < -0.39 is 21.7 Å². The third-order valence-corrected chi connectivity index (χ3v) is 5.93. The molecule has 2 N–H and O–H groups in total. The van der Waals surface area contributed by atoms with Gasteiger partial charge in [-0.05, 0) is 61.9 Å². The minimum Gasteiger partial charge on any atom is -0.494 e. The summed E-state index contributed by atoms with van der Waals surface area (Å²) in [6, 6.07) is 18.1. The number of hydrogen-bond acceptors (Lipinski definition) is 4. The van der Waals surface area contributed by atoms with Gasteiger partial charge in [-0.2, -0.15) is 0 Å². The van der Waals surface area contributed by atoms with Gasteiger partial charge in [0.1, 0.15) is 11.6 Å². The Kier molecular flexibility index (Phi) is 6.91. The van der Waals surface area contributed by atoms with Crippen molar-refractivity contribution in [1.82, 2.24) is 5.32 Å².